The molecule has 0 aliphatic carbocycles. The molecule has 0 bridgehead atoms. The number of fused-ring (bicyclic) bond motifs is 2. The van der Waals surface area contributed by atoms with E-state index in [1.54, 1.807) is 36.9 Å². The van der Waals surface area contributed by atoms with E-state index < -0.39 is 0 Å². The zero-order valence-electron chi connectivity index (χ0n) is 16.6. The summed E-state index contributed by atoms with van der Waals surface area (Å²) in [5.41, 5.74) is 3.23. The Labute approximate surface area is 177 Å². The molecule has 1 aliphatic rings. The fraction of sp³-hybridized carbons (Fsp3) is 0.333. The molecule has 2 aromatic heterocycles. The minimum absolute atomic E-state index is 0.784. The number of benzene rings is 2. The second-order valence-electron chi connectivity index (χ2n) is 7.04. The average molecular weight is 427 g/mol. The molecule has 4 aromatic rings. The van der Waals surface area contributed by atoms with Gasteiger partial charge in [-0.2, -0.15) is 0 Å². The Morgan fingerprint density at radius 2 is 1.41 bits per heavy atom. The van der Waals surface area contributed by atoms with Crippen LogP contribution < -0.4 is 19.3 Å². The lowest BCUT2D eigenvalue weighted by Gasteiger charge is -2.34. The van der Waals surface area contributed by atoms with Crippen molar-refractivity contribution in [1.82, 2.24) is 9.97 Å². The van der Waals surface area contributed by atoms with Gasteiger partial charge in [0.1, 0.15) is 21.7 Å². The SMILES string of the molecule is COc1ccc(OC)c2sc(N3CCN(c4nc5c(C)cccc5s4)CC3)nc12. The van der Waals surface area contributed by atoms with E-state index in [-0.39, 0.29) is 0 Å². The van der Waals surface area contributed by atoms with Gasteiger partial charge < -0.3 is 19.3 Å². The Kier molecular flexibility index (Phi) is 4.67. The molecule has 6 nitrogen and oxygen atoms in total. The van der Waals surface area contributed by atoms with Crippen LogP contribution in [0.4, 0.5) is 10.3 Å². The summed E-state index contributed by atoms with van der Waals surface area (Å²) in [7, 11) is 3.37. The topological polar surface area (TPSA) is 50.7 Å². The standard InChI is InChI=1S/C21H22N4O2S2/c1-13-5-4-6-16-17(13)22-20(28-16)24-9-11-25(12-10-24)21-23-18-14(26-2)7-8-15(27-3)19(18)29-21/h4-8H,9-12H2,1-3H3. The maximum Gasteiger partial charge on any atom is 0.186 e. The third-order valence-electron chi connectivity index (χ3n) is 5.33. The van der Waals surface area contributed by atoms with Crippen molar-refractivity contribution in [1.29, 1.82) is 0 Å². The number of nitrogens with zero attached hydrogens (tertiary/aromatic N) is 4. The van der Waals surface area contributed by atoms with Gasteiger partial charge in [0.25, 0.3) is 0 Å². The molecule has 0 amide bonds. The van der Waals surface area contributed by atoms with E-state index in [1.165, 1.54) is 10.3 Å². The van der Waals surface area contributed by atoms with Gasteiger partial charge in [-0.05, 0) is 30.7 Å². The van der Waals surface area contributed by atoms with E-state index in [2.05, 4.69) is 34.9 Å². The fourth-order valence-electron chi connectivity index (χ4n) is 3.71. The summed E-state index contributed by atoms with van der Waals surface area (Å²) in [6.45, 7) is 5.82. The minimum atomic E-state index is 0.784. The van der Waals surface area contributed by atoms with Crippen molar-refractivity contribution in [2.45, 2.75) is 6.92 Å². The van der Waals surface area contributed by atoms with E-state index in [0.29, 0.717) is 0 Å². The molecule has 29 heavy (non-hydrogen) atoms. The number of piperazine rings is 1. The summed E-state index contributed by atoms with van der Waals surface area (Å²) in [6.07, 6.45) is 0. The molecule has 5 rings (SSSR count). The Bertz CT molecular complexity index is 1140. The molecule has 0 saturated carbocycles. The molecule has 0 spiro atoms. The molecule has 3 heterocycles. The average Bonchev–Trinajstić information content (AvgIpc) is 3.39. The molecule has 8 heteroatoms. The Morgan fingerprint density at radius 3 is 2.07 bits per heavy atom. The molecule has 1 fully saturated rings. The van der Waals surface area contributed by atoms with Gasteiger partial charge in [-0.1, -0.05) is 34.8 Å². The number of methoxy groups -OCH3 is 2. The molecule has 0 unspecified atom stereocenters. The number of thiazole rings is 2. The fourth-order valence-corrected chi connectivity index (χ4v) is 5.93. The van der Waals surface area contributed by atoms with Crippen molar-refractivity contribution in [2.24, 2.45) is 0 Å². The predicted octanol–water partition coefficient (Wildman–Crippen LogP) is 4.56. The number of aryl methyl sites for hydroxylation is 1. The first-order valence-corrected chi connectivity index (χ1v) is 11.2. The zero-order valence-corrected chi connectivity index (χ0v) is 18.3. The number of anilines is 2. The number of para-hydroxylation sites is 1. The summed E-state index contributed by atoms with van der Waals surface area (Å²) in [5.74, 6) is 1.62. The molecular formula is C21H22N4O2S2. The molecular weight excluding hydrogens is 404 g/mol. The van der Waals surface area contributed by atoms with E-state index in [0.717, 1.165) is 63.7 Å². The smallest absolute Gasteiger partial charge is 0.186 e. The lowest BCUT2D eigenvalue weighted by atomic mass is 10.2. The van der Waals surface area contributed by atoms with Gasteiger partial charge in [0, 0.05) is 26.2 Å². The lowest BCUT2D eigenvalue weighted by Crippen LogP contribution is -2.46. The van der Waals surface area contributed by atoms with Crippen LogP contribution in [0.25, 0.3) is 20.4 Å². The molecule has 150 valence electrons. The van der Waals surface area contributed by atoms with Gasteiger partial charge in [0.15, 0.2) is 10.3 Å². The summed E-state index contributed by atoms with van der Waals surface area (Å²) < 4.78 is 13.3. The van der Waals surface area contributed by atoms with Crippen LogP contribution in [0.5, 0.6) is 11.5 Å². The largest absolute Gasteiger partial charge is 0.495 e. The van der Waals surface area contributed by atoms with E-state index in [1.807, 2.05) is 12.1 Å². The number of rotatable bonds is 4. The second-order valence-corrected chi connectivity index (χ2v) is 9.02. The van der Waals surface area contributed by atoms with Gasteiger partial charge in [0.2, 0.25) is 0 Å². The highest BCUT2D eigenvalue weighted by Crippen LogP contribution is 2.40. The molecule has 1 saturated heterocycles. The number of hydrogen-bond acceptors (Lipinski definition) is 8. The van der Waals surface area contributed by atoms with Gasteiger partial charge >= 0.3 is 0 Å². The Morgan fingerprint density at radius 1 is 0.793 bits per heavy atom. The van der Waals surface area contributed by atoms with Gasteiger partial charge in [-0.3, -0.25) is 0 Å². The predicted molar refractivity (Wildman–Crippen MR) is 122 cm³/mol. The number of ether oxygens (including phenoxy) is 2. The van der Waals surface area contributed by atoms with Gasteiger partial charge in [0.05, 0.1) is 24.4 Å². The molecule has 0 atom stereocenters. The van der Waals surface area contributed by atoms with Crippen molar-refractivity contribution in [3.05, 3.63) is 35.9 Å². The highest BCUT2D eigenvalue weighted by Gasteiger charge is 2.24. The number of aromatic nitrogens is 2. The van der Waals surface area contributed by atoms with Crippen LogP contribution in [0.2, 0.25) is 0 Å². The third kappa shape index (κ3) is 3.16. The van der Waals surface area contributed by atoms with Crippen molar-refractivity contribution in [3.8, 4) is 11.5 Å². The van der Waals surface area contributed by atoms with Crippen molar-refractivity contribution in [2.75, 3.05) is 50.2 Å². The minimum Gasteiger partial charge on any atom is -0.495 e. The number of hydrogen-bond donors (Lipinski definition) is 0. The van der Waals surface area contributed by atoms with Crippen molar-refractivity contribution < 1.29 is 9.47 Å². The Hall–Kier alpha value is -2.58. The monoisotopic (exact) mass is 426 g/mol. The van der Waals surface area contributed by atoms with E-state index >= 15 is 0 Å². The normalized spacial score (nSPS) is 14.7. The van der Waals surface area contributed by atoms with Crippen LogP contribution in [0, 0.1) is 6.92 Å². The third-order valence-corrected chi connectivity index (χ3v) is 7.54. The van der Waals surface area contributed by atoms with E-state index in [9.17, 15) is 0 Å². The van der Waals surface area contributed by atoms with Crippen LogP contribution >= 0.6 is 22.7 Å². The summed E-state index contributed by atoms with van der Waals surface area (Å²) >= 11 is 3.44. The Balaban J connectivity index is 1.38. The summed E-state index contributed by atoms with van der Waals surface area (Å²) in [4.78, 5) is 14.5. The lowest BCUT2D eigenvalue weighted by molar-refractivity contribution is 0.410. The van der Waals surface area contributed by atoms with Crippen LogP contribution in [-0.4, -0.2) is 50.4 Å². The molecule has 0 N–H and O–H groups in total. The van der Waals surface area contributed by atoms with Crippen LogP contribution in [0.3, 0.4) is 0 Å². The maximum atomic E-state index is 5.52. The quantitative estimate of drug-likeness (QED) is 0.477. The van der Waals surface area contributed by atoms with Crippen LogP contribution in [0.15, 0.2) is 30.3 Å². The van der Waals surface area contributed by atoms with Gasteiger partial charge in [-0.25, -0.2) is 9.97 Å². The maximum absolute atomic E-state index is 5.52. The van der Waals surface area contributed by atoms with Crippen molar-refractivity contribution in [3.63, 3.8) is 0 Å². The summed E-state index contributed by atoms with van der Waals surface area (Å²) in [5, 5.41) is 2.13. The van der Waals surface area contributed by atoms with Crippen LogP contribution in [0.1, 0.15) is 5.56 Å². The highest BCUT2D eigenvalue weighted by molar-refractivity contribution is 7.22. The van der Waals surface area contributed by atoms with E-state index in [4.69, 9.17) is 19.4 Å². The molecule has 2 aromatic carbocycles. The second kappa shape index (κ2) is 7.35. The highest BCUT2D eigenvalue weighted by atomic mass is 32.1. The van der Waals surface area contributed by atoms with Gasteiger partial charge in [-0.15, -0.1) is 0 Å². The van der Waals surface area contributed by atoms with Crippen molar-refractivity contribution >= 4 is 53.4 Å². The summed E-state index contributed by atoms with van der Waals surface area (Å²) in [6, 6.07) is 10.2. The zero-order chi connectivity index (χ0) is 20.0. The first kappa shape index (κ1) is 18.4. The van der Waals surface area contributed by atoms with Crippen LogP contribution in [-0.2, 0) is 0 Å². The molecule has 0 radical (unpaired) electrons. The first-order chi connectivity index (χ1) is 14.2. The first-order valence-electron chi connectivity index (χ1n) is 9.55. The molecule has 1 aliphatic heterocycles.